The van der Waals surface area contributed by atoms with Crippen LogP contribution < -0.4 is 5.32 Å². The Hall–Kier alpha value is -3.73. The highest BCUT2D eigenvalue weighted by Crippen LogP contribution is 2.38. The summed E-state index contributed by atoms with van der Waals surface area (Å²) >= 11 is 0. The zero-order chi connectivity index (χ0) is 19.1. The molecule has 0 aromatic heterocycles. The number of carbonyl (C=O) groups excluding carboxylic acids is 3. The number of nitrogens with one attached hydrogen (secondary N) is 1. The molecule has 1 aliphatic rings. The fourth-order valence-corrected chi connectivity index (χ4v) is 3.38. The number of anilines is 1. The molecule has 0 heterocycles. The van der Waals surface area contributed by atoms with Crippen LogP contribution in [0.3, 0.4) is 0 Å². The van der Waals surface area contributed by atoms with Crippen LogP contribution >= 0.6 is 0 Å². The molecule has 0 radical (unpaired) electrons. The summed E-state index contributed by atoms with van der Waals surface area (Å²) in [5, 5.41) is 12.8. The molecular weight excluding hydrogens is 342 g/mol. The lowest BCUT2D eigenvalue weighted by Crippen LogP contribution is -2.16. The van der Waals surface area contributed by atoms with Gasteiger partial charge in [-0.05, 0) is 36.2 Å². The molecule has 27 heavy (non-hydrogen) atoms. The van der Waals surface area contributed by atoms with E-state index in [0.29, 0.717) is 16.7 Å². The summed E-state index contributed by atoms with van der Waals surface area (Å²) < 4.78 is 0. The molecule has 5 heteroatoms. The third-order valence-corrected chi connectivity index (χ3v) is 4.66. The number of hydrogen-bond donors (Lipinski definition) is 2. The van der Waals surface area contributed by atoms with Gasteiger partial charge in [-0.15, -0.1) is 0 Å². The number of fused-ring (bicyclic) bond motifs is 3. The van der Waals surface area contributed by atoms with Gasteiger partial charge in [-0.2, -0.15) is 0 Å². The average Bonchev–Trinajstić information content (AvgIpc) is 2.96. The molecule has 2 N–H and O–H groups in total. The number of benzene rings is 3. The van der Waals surface area contributed by atoms with E-state index in [0.717, 1.165) is 5.56 Å². The van der Waals surface area contributed by atoms with Crippen LogP contribution in [0.5, 0.6) is 5.75 Å². The molecule has 5 nitrogen and oxygen atoms in total. The Morgan fingerprint density at radius 3 is 2.19 bits per heavy atom. The van der Waals surface area contributed by atoms with Crippen LogP contribution in [0.25, 0.3) is 11.1 Å². The van der Waals surface area contributed by atoms with Gasteiger partial charge in [0.2, 0.25) is 0 Å². The highest BCUT2D eigenvalue weighted by atomic mass is 16.3. The van der Waals surface area contributed by atoms with Gasteiger partial charge in [0.1, 0.15) is 5.75 Å². The number of para-hydroxylation sites is 1. The molecule has 1 amide bonds. The number of phenols is 1. The van der Waals surface area contributed by atoms with E-state index in [1.165, 1.54) is 19.1 Å². The van der Waals surface area contributed by atoms with Crippen molar-refractivity contribution < 1.29 is 19.5 Å². The molecule has 132 valence electrons. The zero-order valence-electron chi connectivity index (χ0n) is 14.4. The van der Waals surface area contributed by atoms with E-state index in [1.807, 2.05) is 18.2 Å². The van der Waals surface area contributed by atoms with Crippen LogP contribution in [0.2, 0.25) is 0 Å². The number of phenolic OH excluding ortho intramolecular Hbond substituents is 1. The Balaban J connectivity index is 1.75. The summed E-state index contributed by atoms with van der Waals surface area (Å²) in [6.45, 7) is 1.33. The minimum absolute atomic E-state index is 0.119. The lowest BCUT2D eigenvalue weighted by atomic mass is 10.00. The van der Waals surface area contributed by atoms with Crippen LogP contribution in [-0.2, 0) is 0 Å². The average molecular weight is 357 g/mol. The number of aromatic hydroxyl groups is 1. The van der Waals surface area contributed by atoms with Crippen LogP contribution in [-0.4, -0.2) is 22.6 Å². The largest absolute Gasteiger partial charge is 0.505 e. The molecule has 1 aliphatic carbocycles. The number of rotatable bonds is 3. The summed E-state index contributed by atoms with van der Waals surface area (Å²) in [4.78, 5) is 37.2. The first-order valence-corrected chi connectivity index (χ1v) is 8.40. The molecule has 3 aromatic carbocycles. The number of ketones is 2. The Labute approximate surface area is 155 Å². The van der Waals surface area contributed by atoms with Gasteiger partial charge < -0.3 is 10.4 Å². The number of Topliss-reactive ketones (excluding diaryl/α,β-unsaturated/α-hetero) is 1. The van der Waals surface area contributed by atoms with E-state index in [4.69, 9.17) is 0 Å². The van der Waals surface area contributed by atoms with Gasteiger partial charge in [-0.3, -0.25) is 14.4 Å². The van der Waals surface area contributed by atoms with Crippen molar-refractivity contribution in [2.75, 3.05) is 5.32 Å². The van der Waals surface area contributed by atoms with Gasteiger partial charge in [-0.25, -0.2) is 0 Å². The molecular formula is C22H15NO4. The minimum Gasteiger partial charge on any atom is -0.505 e. The minimum atomic E-state index is -0.524. The lowest BCUT2D eigenvalue weighted by Gasteiger charge is -2.11. The Morgan fingerprint density at radius 1 is 0.815 bits per heavy atom. The van der Waals surface area contributed by atoms with E-state index < -0.39 is 5.91 Å². The predicted molar refractivity (Wildman–Crippen MR) is 101 cm³/mol. The quantitative estimate of drug-likeness (QED) is 0.428. The van der Waals surface area contributed by atoms with Crippen LogP contribution in [0.4, 0.5) is 5.69 Å². The summed E-state index contributed by atoms with van der Waals surface area (Å²) in [6, 6.07) is 16.9. The monoisotopic (exact) mass is 357 g/mol. The molecule has 0 bridgehead atoms. The Bertz CT molecular complexity index is 1130. The second-order valence-electron chi connectivity index (χ2n) is 6.31. The standard InChI is InChI=1S/C22H15NO4/c1-12(24)13-8-5-11-18(20(13)25)23-22(27)17-10-4-9-15-14-6-2-3-7-16(14)21(26)19(15)17/h2-11,25H,1H3,(H,23,27). The van der Waals surface area contributed by atoms with Gasteiger partial charge in [0, 0.05) is 11.1 Å². The molecule has 0 atom stereocenters. The fourth-order valence-electron chi connectivity index (χ4n) is 3.38. The maximum atomic E-state index is 12.8. The summed E-state index contributed by atoms with van der Waals surface area (Å²) in [7, 11) is 0. The van der Waals surface area contributed by atoms with Gasteiger partial charge in [0.25, 0.3) is 5.91 Å². The topological polar surface area (TPSA) is 83.5 Å². The van der Waals surface area contributed by atoms with Gasteiger partial charge in [0.05, 0.1) is 16.8 Å². The van der Waals surface area contributed by atoms with E-state index >= 15 is 0 Å². The second-order valence-corrected chi connectivity index (χ2v) is 6.31. The molecule has 0 fully saturated rings. The van der Waals surface area contributed by atoms with Crippen molar-refractivity contribution >= 4 is 23.2 Å². The van der Waals surface area contributed by atoms with Crippen molar-refractivity contribution in [3.05, 3.63) is 82.9 Å². The summed E-state index contributed by atoms with van der Waals surface area (Å²) in [6.07, 6.45) is 0. The third kappa shape index (κ3) is 2.60. The highest BCUT2D eigenvalue weighted by molar-refractivity contribution is 6.26. The normalized spacial score (nSPS) is 11.7. The molecule has 3 aromatic rings. The molecule has 0 saturated carbocycles. The number of hydrogen-bond acceptors (Lipinski definition) is 4. The van der Waals surface area contributed by atoms with Gasteiger partial charge >= 0.3 is 0 Å². The zero-order valence-corrected chi connectivity index (χ0v) is 14.4. The Morgan fingerprint density at radius 2 is 1.44 bits per heavy atom. The van der Waals surface area contributed by atoms with Crippen molar-refractivity contribution in [2.24, 2.45) is 0 Å². The van der Waals surface area contributed by atoms with Crippen molar-refractivity contribution in [1.29, 1.82) is 0 Å². The van der Waals surface area contributed by atoms with E-state index in [-0.39, 0.29) is 34.1 Å². The van der Waals surface area contributed by atoms with Gasteiger partial charge in [0.15, 0.2) is 11.6 Å². The molecule has 0 spiro atoms. The van der Waals surface area contributed by atoms with Crippen molar-refractivity contribution in [3.8, 4) is 16.9 Å². The van der Waals surface area contributed by atoms with E-state index in [9.17, 15) is 19.5 Å². The van der Waals surface area contributed by atoms with Crippen molar-refractivity contribution in [1.82, 2.24) is 0 Å². The van der Waals surface area contributed by atoms with Crippen LogP contribution in [0.1, 0.15) is 43.6 Å². The van der Waals surface area contributed by atoms with Crippen molar-refractivity contribution in [2.45, 2.75) is 6.92 Å². The van der Waals surface area contributed by atoms with Crippen LogP contribution in [0, 0.1) is 0 Å². The third-order valence-electron chi connectivity index (χ3n) is 4.66. The molecule has 0 unspecified atom stereocenters. The van der Waals surface area contributed by atoms with E-state index in [1.54, 1.807) is 30.3 Å². The number of amides is 1. The first kappa shape index (κ1) is 16.7. The first-order valence-electron chi connectivity index (χ1n) is 8.40. The molecule has 4 rings (SSSR count). The summed E-state index contributed by atoms with van der Waals surface area (Å²) in [5.74, 6) is -1.33. The smallest absolute Gasteiger partial charge is 0.256 e. The first-order chi connectivity index (χ1) is 13.0. The SMILES string of the molecule is CC(=O)c1cccc(NC(=O)c2cccc3c2C(=O)c2ccccc2-3)c1O. The second kappa shape index (κ2) is 6.21. The summed E-state index contributed by atoms with van der Waals surface area (Å²) in [5.41, 5.74) is 2.88. The number of carbonyl (C=O) groups is 3. The van der Waals surface area contributed by atoms with Crippen LogP contribution in [0.15, 0.2) is 60.7 Å². The molecule has 0 saturated heterocycles. The fraction of sp³-hybridized carbons (Fsp3) is 0.0455. The molecule has 0 aliphatic heterocycles. The van der Waals surface area contributed by atoms with Gasteiger partial charge in [-0.1, -0.05) is 42.5 Å². The predicted octanol–water partition coefficient (Wildman–Crippen LogP) is 4.06. The maximum absolute atomic E-state index is 12.8. The lowest BCUT2D eigenvalue weighted by molar-refractivity contribution is 0.0997. The van der Waals surface area contributed by atoms with Crippen molar-refractivity contribution in [3.63, 3.8) is 0 Å². The Kier molecular flexibility index (Phi) is 3.85. The van der Waals surface area contributed by atoms with E-state index in [2.05, 4.69) is 5.32 Å². The maximum Gasteiger partial charge on any atom is 0.256 e. The highest BCUT2D eigenvalue weighted by Gasteiger charge is 2.30.